The van der Waals surface area contributed by atoms with Gasteiger partial charge in [-0.2, -0.15) is 16.8 Å². The van der Waals surface area contributed by atoms with Crippen molar-refractivity contribution in [2.24, 2.45) is 11.1 Å². The van der Waals surface area contributed by atoms with Gasteiger partial charge in [-0.15, -0.1) is 0 Å². The zero-order valence-electron chi connectivity index (χ0n) is 19.8. The van der Waals surface area contributed by atoms with Gasteiger partial charge >= 0.3 is 26.8 Å². The molecule has 5 unspecified atom stereocenters. The van der Waals surface area contributed by atoms with Crippen molar-refractivity contribution in [1.29, 1.82) is 0 Å². The molecule has 18 heteroatoms. The minimum absolute atomic E-state index is 0.475. The smallest absolute Gasteiger partial charge is 0.397 e. The Morgan fingerprint density at radius 3 is 2.17 bits per heavy atom. The molecule has 16 nitrogen and oxygen atoms in total. The summed E-state index contributed by atoms with van der Waals surface area (Å²) < 4.78 is 88.5. The van der Waals surface area contributed by atoms with Crippen molar-refractivity contribution in [3.05, 3.63) is 11.8 Å². The second kappa shape index (κ2) is 10.4. The average molecular weight is 566 g/mol. The maximum Gasteiger partial charge on any atom is 0.397 e. The van der Waals surface area contributed by atoms with E-state index < -0.39 is 99.4 Å². The largest absolute Gasteiger partial charge is 0.475 e. The van der Waals surface area contributed by atoms with Crippen LogP contribution in [0.2, 0.25) is 0 Å². The van der Waals surface area contributed by atoms with Gasteiger partial charge in [0.15, 0.2) is 11.7 Å². The molecule has 0 aromatic heterocycles. The molecule has 2 rings (SSSR count). The second-order valence-electron chi connectivity index (χ2n) is 9.58. The van der Waals surface area contributed by atoms with Crippen LogP contribution in [0.1, 0.15) is 27.7 Å². The van der Waals surface area contributed by atoms with Crippen LogP contribution in [0.15, 0.2) is 11.8 Å². The summed E-state index contributed by atoms with van der Waals surface area (Å²) in [5, 5.41) is 30.5. The van der Waals surface area contributed by atoms with Crippen molar-refractivity contribution in [2.75, 3.05) is 19.8 Å². The number of ether oxygens (including phenoxy) is 3. The summed E-state index contributed by atoms with van der Waals surface area (Å²) in [5.74, 6) is -2.34. The molecule has 0 aromatic carbocycles. The summed E-state index contributed by atoms with van der Waals surface area (Å²) in [6.07, 6.45) is -5.64. The standard InChI is InChI=1S/C18H31NO15S2/c1-16(2)12(19)13(21)17(3,11(33-16)6-31-35(24,25)26)7-30-8-18(4)14(34-36(27,28)29)9(20)5-10(32-18)15(22)23/h5,9,11-14,20-21H,6-8,19H2,1-4H3,(H,22,23)(H,24,25,26)(H,27,28,29)/t9?,11?,12?,13?,14?,17-,18-/m1/s1. The topological polar surface area (TPSA) is 259 Å². The molecule has 7 atom stereocenters. The molecule has 1 saturated heterocycles. The molecular weight excluding hydrogens is 534 g/mol. The predicted octanol–water partition coefficient (Wildman–Crippen LogP) is -2.00. The SMILES string of the molecule is CC1(C)OC(COS(=O)(=O)O)[C@@](C)(COC[C@@]2(C)OC(C(=O)O)=CC(O)C2OS(=O)(=O)O)C(O)C1N. The molecule has 210 valence electrons. The summed E-state index contributed by atoms with van der Waals surface area (Å²) in [7, 11) is -10.0. The third-order valence-electron chi connectivity index (χ3n) is 6.18. The first-order valence-corrected chi connectivity index (χ1v) is 13.1. The van der Waals surface area contributed by atoms with E-state index in [-0.39, 0.29) is 0 Å². The van der Waals surface area contributed by atoms with Gasteiger partial charge in [0.2, 0.25) is 5.76 Å². The fourth-order valence-corrected chi connectivity index (χ4v) is 4.92. The van der Waals surface area contributed by atoms with Crippen molar-refractivity contribution in [3.63, 3.8) is 0 Å². The minimum Gasteiger partial charge on any atom is -0.475 e. The molecule has 36 heavy (non-hydrogen) atoms. The molecule has 0 bridgehead atoms. The van der Waals surface area contributed by atoms with Gasteiger partial charge in [-0.05, 0) is 26.8 Å². The number of carboxylic acid groups (broad SMARTS) is 1. The number of aliphatic hydroxyl groups excluding tert-OH is 2. The fourth-order valence-electron chi connectivity index (χ4n) is 4.05. The second-order valence-corrected chi connectivity index (χ2v) is 11.7. The normalized spacial score (nSPS) is 37.1. The van der Waals surface area contributed by atoms with E-state index in [4.69, 9.17) is 29.0 Å². The number of carbonyl (C=O) groups is 1. The highest BCUT2D eigenvalue weighted by atomic mass is 32.3. The van der Waals surface area contributed by atoms with Crippen LogP contribution in [0, 0.1) is 5.41 Å². The van der Waals surface area contributed by atoms with E-state index in [1.807, 2.05) is 0 Å². The lowest BCUT2D eigenvalue weighted by Gasteiger charge is -2.53. The maximum absolute atomic E-state index is 11.4. The van der Waals surface area contributed by atoms with E-state index in [0.29, 0.717) is 6.08 Å². The third kappa shape index (κ3) is 7.10. The maximum atomic E-state index is 11.4. The van der Waals surface area contributed by atoms with Crippen LogP contribution in [0.4, 0.5) is 0 Å². The molecule has 0 amide bonds. The Kier molecular flexibility index (Phi) is 8.86. The minimum atomic E-state index is -5.13. The first kappa shape index (κ1) is 30.8. The lowest BCUT2D eigenvalue weighted by atomic mass is 9.70. The van der Waals surface area contributed by atoms with Crippen molar-refractivity contribution in [1.82, 2.24) is 0 Å². The van der Waals surface area contributed by atoms with Crippen LogP contribution < -0.4 is 5.73 Å². The van der Waals surface area contributed by atoms with Crippen molar-refractivity contribution < 1.29 is 68.6 Å². The first-order chi connectivity index (χ1) is 16.1. The molecule has 0 aliphatic carbocycles. The van der Waals surface area contributed by atoms with E-state index >= 15 is 0 Å². The molecule has 0 aromatic rings. The number of hydrogen-bond acceptors (Lipinski definition) is 13. The van der Waals surface area contributed by atoms with E-state index in [1.54, 1.807) is 0 Å². The van der Waals surface area contributed by atoms with E-state index in [9.17, 15) is 36.9 Å². The highest BCUT2D eigenvalue weighted by Gasteiger charge is 2.56. The van der Waals surface area contributed by atoms with Crippen LogP contribution >= 0.6 is 0 Å². The zero-order valence-corrected chi connectivity index (χ0v) is 21.4. The number of carboxylic acids is 1. The van der Waals surface area contributed by atoms with Gasteiger partial charge in [0, 0.05) is 5.41 Å². The van der Waals surface area contributed by atoms with E-state index in [0.717, 1.165) is 6.92 Å². The highest BCUT2D eigenvalue weighted by molar-refractivity contribution is 7.81. The van der Waals surface area contributed by atoms with E-state index in [2.05, 4.69) is 8.37 Å². The molecule has 0 spiro atoms. The van der Waals surface area contributed by atoms with Crippen LogP contribution in [0.5, 0.6) is 0 Å². The summed E-state index contributed by atoms with van der Waals surface area (Å²) in [6, 6.07) is -1.01. The zero-order chi connectivity index (χ0) is 27.9. The highest BCUT2D eigenvalue weighted by Crippen LogP contribution is 2.42. The number of rotatable bonds is 10. The molecule has 0 saturated carbocycles. The summed E-state index contributed by atoms with van der Waals surface area (Å²) in [5.41, 5.74) is 1.44. The molecule has 0 radical (unpaired) electrons. The lowest BCUT2D eigenvalue weighted by Crippen LogP contribution is -2.69. The molecule has 1 fully saturated rings. The molecule has 7 N–H and O–H groups in total. The molecular formula is C18H31NO15S2. The van der Waals surface area contributed by atoms with Crippen molar-refractivity contribution in [2.45, 2.75) is 69.4 Å². The predicted molar refractivity (Wildman–Crippen MR) is 117 cm³/mol. The number of hydrogen-bond donors (Lipinski definition) is 6. The Balaban J connectivity index is 2.31. The first-order valence-electron chi connectivity index (χ1n) is 10.4. The lowest BCUT2D eigenvalue weighted by molar-refractivity contribution is -0.250. The Hall–Kier alpha value is -1.45. The van der Waals surface area contributed by atoms with Gasteiger partial charge in [-0.3, -0.25) is 9.11 Å². The molecule has 2 aliphatic rings. The van der Waals surface area contributed by atoms with Crippen LogP contribution in [-0.2, 0) is 48.2 Å². The Morgan fingerprint density at radius 1 is 1.08 bits per heavy atom. The molecule has 2 heterocycles. The van der Waals surface area contributed by atoms with Gasteiger partial charge in [0.25, 0.3) is 0 Å². The third-order valence-corrected chi connectivity index (χ3v) is 7.07. The van der Waals surface area contributed by atoms with Crippen LogP contribution in [0.3, 0.4) is 0 Å². The molecule has 2 aliphatic heterocycles. The number of nitrogens with two attached hydrogens (primary N) is 1. The quantitative estimate of drug-likeness (QED) is 0.156. The van der Waals surface area contributed by atoms with Crippen molar-refractivity contribution in [3.8, 4) is 0 Å². The Labute approximate surface area is 207 Å². The van der Waals surface area contributed by atoms with Gasteiger partial charge in [0.05, 0.1) is 43.7 Å². The van der Waals surface area contributed by atoms with E-state index in [1.165, 1.54) is 20.8 Å². The van der Waals surface area contributed by atoms with Gasteiger partial charge in [-0.1, -0.05) is 6.92 Å². The average Bonchev–Trinajstić information content (AvgIpc) is 2.70. The monoisotopic (exact) mass is 565 g/mol. The summed E-state index contributed by atoms with van der Waals surface area (Å²) in [6.45, 7) is 3.76. The van der Waals surface area contributed by atoms with Gasteiger partial charge in [-0.25, -0.2) is 13.2 Å². The Morgan fingerprint density at radius 2 is 1.67 bits per heavy atom. The number of aliphatic hydroxyl groups is 2. The van der Waals surface area contributed by atoms with Gasteiger partial charge in [0.1, 0.15) is 6.10 Å². The van der Waals surface area contributed by atoms with Crippen LogP contribution in [-0.4, -0.2) is 109 Å². The summed E-state index contributed by atoms with van der Waals surface area (Å²) >= 11 is 0. The Bertz CT molecular complexity index is 1070. The fraction of sp³-hybridized carbons (Fsp3) is 0.833. The van der Waals surface area contributed by atoms with Crippen LogP contribution in [0.25, 0.3) is 0 Å². The number of aliphatic carboxylic acids is 1. The van der Waals surface area contributed by atoms with Gasteiger partial charge < -0.3 is 35.3 Å². The summed E-state index contributed by atoms with van der Waals surface area (Å²) in [4.78, 5) is 11.4. The van der Waals surface area contributed by atoms with Crippen molar-refractivity contribution >= 4 is 26.8 Å².